The number of anilines is 1. The zero-order chi connectivity index (χ0) is 22.8. The van der Waals surface area contributed by atoms with Crippen molar-refractivity contribution in [1.29, 1.82) is 5.26 Å². The minimum atomic E-state index is -0.0827. The highest BCUT2D eigenvalue weighted by atomic mass is 16.5. The molecule has 1 unspecified atom stereocenters. The second-order valence-electron chi connectivity index (χ2n) is 8.07. The molecule has 0 amide bonds. The van der Waals surface area contributed by atoms with Gasteiger partial charge >= 0.3 is 0 Å². The average Bonchev–Trinajstić information content (AvgIpc) is 3.40. The van der Waals surface area contributed by atoms with Gasteiger partial charge in [0.2, 0.25) is 0 Å². The Balaban J connectivity index is 1.59. The van der Waals surface area contributed by atoms with Crippen LogP contribution in [-0.4, -0.2) is 60.3 Å². The summed E-state index contributed by atoms with van der Waals surface area (Å²) in [5, 5.41) is 30.2. The van der Waals surface area contributed by atoms with E-state index in [-0.39, 0.29) is 12.0 Å². The summed E-state index contributed by atoms with van der Waals surface area (Å²) in [4.78, 5) is 4.73. The molecule has 1 atom stereocenters. The number of benzene rings is 1. The second-order valence-corrected chi connectivity index (χ2v) is 8.07. The molecular formula is C23H33N7O2. The molecule has 2 heterocycles. The highest BCUT2D eigenvalue weighted by Crippen LogP contribution is 2.32. The van der Waals surface area contributed by atoms with Crippen LogP contribution in [0.5, 0.6) is 0 Å². The minimum absolute atomic E-state index is 0.0827. The summed E-state index contributed by atoms with van der Waals surface area (Å²) in [5.74, 6) is 1.11. The number of nitrogen functional groups attached to an aromatic ring is 1. The van der Waals surface area contributed by atoms with E-state index in [9.17, 15) is 10.4 Å². The highest BCUT2D eigenvalue weighted by Gasteiger charge is 2.34. The number of nitriles is 1. The van der Waals surface area contributed by atoms with Crippen molar-refractivity contribution in [2.45, 2.75) is 32.6 Å². The topological polar surface area (TPSA) is 134 Å². The fraction of sp³-hybridized carbons (Fsp3) is 0.522. The fourth-order valence-electron chi connectivity index (χ4n) is 3.88. The number of rotatable bonds is 10. The van der Waals surface area contributed by atoms with E-state index in [1.54, 1.807) is 4.68 Å². The van der Waals surface area contributed by atoms with Gasteiger partial charge in [0, 0.05) is 31.7 Å². The van der Waals surface area contributed by atoms with Gasteiger partial charge in [0.25, 0.3) is 0 Å². The predicted molar refractivity (Wildman–Crippen MR) is 125 cm³/mol. The molecule has 172 valence electrons. The van der Waals surface area contributed by atoms with Crippen LogP contribution in [-0.2, 0) is 11.2 Å². The van der Waals surface area contributed by atoms with Crippen LogP contribution in [0.4, 0.5) is 5.82 Å². The fourth-order valence-corrected chi connectivity index (χ4v) is 3.88. The number of ether oxygens (including phenoxy) is 1. The molecular weight excluding hydrogens is 406 g/mol. The zero-order valence-corrected chi connectivity index (χ0v) is 18.7. The third-order valence-corrected chi connectivity index (χ3v) is 5.73. The number of aliphatic hydroxyl groups excluding tert-OH is 1. The predicted octanol–water partition coefficient (Wildman–Crippen LogP) is 1.60. The molecule has 0 aliphatic carbocycles. The Morgan fingerprint density at radius 1 is 1.38 bits per heavy atom. The second kappa shape index (κ2) is 11.5. The van der Waals surface area contributed by atoms with E-state index in [2.05, 4.69) is 21.8 Å². The van der Waals surface area contributed by atoms with Crippen LogP contribution in [0.15, 0.2) is 35.3 Å². The standard InChI is InChI=1S/C23H33N7O2/c1-2-26-22(28-16-23(10-13-31)11-14-32-17-23)27-12-6-9-20-19(15-24)21(25)30(29-20)18-7-4-3-5-8-18/h3-5,7-8,31H,2,6,9-14,16-17,25H2,1H3,(H2,26,27,28). The van der Waals surface area contributed by atoms with Gasteiger partial charge in [0.15, 0.2) is 5.96 Å². The smallest absolute Gasteiger partial charge is 0.191 e. The average molecular weight is 440 g/mol. The number of nitrogens with one attached hydrogen (secondary N) is 2. The summed E-state index contributed by atoms with van der Waals surface area (Å²) in [6.45, 7) is 5.57. The van der Waals surface area contributed by atoms with Crippen molar-refractivity contribution in [1.82, 2.24) is 20.4 Å². The Bertz CT molecular complexity index is 928. The monoisotopic (exact) mass is 439 g/mol. The molecule has 9 nitrogen and oxygen atoms in total. The first kappa shape index (κ1) is 23.6. The van der Waals surface area contributed by atoms with Crippen molar-refractivity contribution >= 4 is 11.8 Å². The summed E-state index contributed by atoms with van der Waals surface area (Å²) in [6, 6.07) is 11.8. The van der Waals surface area contributed by atoms with Crippen LogP contribution in [0, 0.1) is 16.7 Å². The van der Waals surface area contributed by atoms with Crippen molar-refractivity contribution < 1.29 is 9.84 Å². The molecule has 1 fully saturated rings. The number of nitrogens with zero attached hydrogens (tertiary/aromatic N) is 4. The molecule has 3 rings (SSSR count). The Morgan fingerprint density at radius 3 is 2.84 bits per heavy atom. The summed E-state index contributed by atoms with van der Waals surface area (Å²) < 4.78 is 7.17. The van der Waals surface area contributed by atoms with E-state index in [1.807, 2.05) is 37.3 Å². The molecule has 1 aliphatic rings. The van der Waals surface area contributed by atoms with Gasteiger partial charge in [0.05, 0.1) is 24.5 Å². The molecule has 0 spiro atoms. The van der Waals surface area contributed by atoms with Crippen LogP contribution in [0.1, 0.15) is 37.4 Å². The highest BCUT2D eigenvalue weighted by molar-refractivity contribution is 5.79. The first-order valence-corrected chi connectivity index (χ1v) is 11.2. The first-order chi connectivity index (χ1) is 15.6. The maximum atomic E-state index is 9.56. The molecule has 0 radical (unpaired) electrons. The Hall–Kier alpha value is -3.09. The number of aryl methyl sites for hydroxylation is 1. The van der Waals surface area contributed by atoms with Gasteiger partial charge in [0.1, 0.15) is 17.5 Å². The molecule has 2 aromatic rings. The number of aliphatic hydroxyl groups is 1. The number of nitrogens with two attached hydrogens (primary N) is 1. The van der Waals surface area contributed by atoms with Crippen molar-refractivity contribution in [2.75, 3.05) is 45.2 Å². The lowest BCUT2D eigenvalue weighted by molar-refractivity contribution is 0.131. The molecule has 1 saturated heterocycles. The Kier molecular flexibility index (Phi) is 8.48. The van der Waals surface area contributed by atoms with Crippen LogP contribution < -0.4 is 16.4 Å². The lowest BCUT2D eigenvalue weighted by atomic mass is 9.84. The van der Waals surface area contributed by atoms with Crippen LogP contribution in [0.2, 0.25) is 0 Å². The molecule has 0 bridgehead atoms. The lowest BCUT2D eigenvalue weighted by Crippen LogP contribution is -2.39. The number of aliphatic imine (C=N–C) groups is 1. The van der Waals surface area contributed by atoms with Crippen LogP contribution >= 0.6 is 0 Å². The molecule has 9 heteroatoms. The summed E-state index contributed by atoms with van der Waals surface area (Å²) in [7, 11) is 0. The van der Waals surface area contributed by atoms with Crippen molar-refractivity contribution in [2.24, 2.45) is 10.4 Å². The van der Waals surface area contributed by atoms with Gasteiger partial charge in [-0.15, -0.1) is 0 Å². The van der Waals surface area contributed by atoms with Crippen molar-refractivity contribution in [3.8, 4) is 11.8 Å². The third kappa shape index (κ3) is 5.78. The van der Waals surface area contributed by atoms with Gasteiger partial charge < -0.3 is 26.2 Å². The van der Waals surface area contributed by atoms with Gasteiger partial charge in [-0.2, -0.15) is 10.4 Å². The Morgan fingerprint density at radius 2 is 2.19 bits per heavy atom. The third-order valence-electron chi connectivity index (χ3n) is 5.73. The van der Waals surface area contributed by atoms with Crippen molar-refractivity contribution in [3.05, 3.63) is 41.6 Å². The molecule has 0 saturated carbocycles. The maximum absolute atomic E-state index is 9.56. The van der Waals surface area contributed by atoms with Crippen LogP contribution in [0.3, 0.4) is 0 Å². The lowest BCUT2D eigenvalue weighted by Gasteiger charge is -2.24. The number of aromatic nitrogens is 2. The van der Waals surface area contributed by atoms with E-state index in [0.29, 0.717) is 49.6 Å². The van der Waals surface area contributed by atoms with Gasteiger partial charge in [-0.05, 0) is 44.7 Å². The number of hydrogen-bond acceptors (Lipinski definition) is 6. The molecule has 1 aliphatic heterocycles. The maximum Gasteiger partial charge on any atom is 0.191 e. The largest absolute Gasteiger partial charge is 0.396 e. The molecule has 1 aromatic heterocycles. The van der Waals surface area contributed by atoms with E-state index in [4.69, 9.17) is 15.5 Å². The number of hydrogen-bond donors (Lipinski definition) is 4. The first-order valence-electron chi connectivity index (χ1n) is 11.2. The van der Waals surface area contributed by atoms with E-state index in [0.717, 1.165) is 37.6 Å². The van der Waals surface area contributed by atoms with Crippen molar-refractivity contribution in [3.63, 3.8) is 0 Å². The van der Waals surface area contributed by atoms with Gasteiger partial charge in [-0.25, -0.2) is 4.68 Å². The number of para-hydroxylation sites is 1. The molecule has 1 aromatic carbocycles. The summed E-state index contributed by atoms with van der Waals surface area (Å²) in [5.41, 5.74) is 8.06. The summed E-state index contributed by atoms with van der Waals surface area (Å²) >= 11 is 0. The van der Waals surface area contributed by atoms with E-state index >= 15 is 0 Å². The Labute approximate surface area is 189 Å². The normalized spacial score (nSPS) is 18.5. The zero-order valence-electron chi connectivity index (χ0n) is 18.7. The van der Waals surface area contributed by atoms with E-state index < -0.39 is 0 Å². The minimum Gasteiger partial charge on any atom is -0.396 e. The summed E-state index contributed by atoms with van der Waals surface area (Å²) in [6.07, 6.45) is 3.01. The molecule has 32 heavy (non-hydrogen) atoms. The van der Waals surface area contributed by atoms with Gasteiger partial charge in [-0.1, -0.05) is 18.2 Å². The van der Waals surface area contributed by atoms with Crippen LogP contribution in [0.25, 0.3) is 5.69 Å². The van der Waals surface area contributed by atoms with Gasteiger partial charge in [-0.3, -0.25) is 4.99 Å². The molecule has 5 N–H and O–H groups in total. The number of guanidine groups is 1. The SMILES string of the molecule is CCNC(=NCC1(CCO)CCOC1)NCCCc1nn(-c2ccccc2)c(N)c1C#N. The quantitative estimate of drug-likeness (QED) is 0.251. The van der Waals surface area contributed by atoms with E-state index in [1.165, 1.54) is 0 Å².